The van der Waals surface area contributed by atoms with E-state index in [0.717, 1.165) is 38.2 Å². The van der Waals surface area contributed by atoms with Gasteiger partial charge in [-0.1, -0.05) is 36.4 Å². The van der Waals surface area contributed by atoms with Crippen molar-refractivity contribution in [3.63, 3.8) is 0 Å². The summed E-state index contributed by atoms with van der Waals surface area (Å²) in [5.74, 6) is 0.689. The summed E-state index contributed by atoms with van der Waals surface area (Å²) in [4.78, 5) is 7.06. The highest BCUT2D eigenvalue weighted by molar-refractivity contribution is 6.07. The quantitative estimate of drug-likeness (QED) is 0.515. The second-order valence-corrected chi connectivity index (χ2v) is 7.50. The highest BCUT2D eigenvalue weighted by atomic mass is 16.5. The van der Waals surface area contributed by atoms with E-state index in [2.05, 4.69) is 63.0 Å². The summed E-state index contributed by atoms with van der Waals surface area (Å²) in [6, 6.07) is 25.0. The average Bonchev–Trinajstić information content (AvgIpc) is 3.09. The topological polar surface area (TPSA) is 30.3 Å². The summed E-state index contributed by atoms with van der Waals surface area (Å²) in [7, 11) is 1.67. The van der Waals surface area contributed by atoms with Gasteiger partial charge in [0.05, 0.1) is 12.8 Å². The minimum Gasteiger partial charge on any atom is -0.481 e. The van der Waals surface area contributed by atoms with Crippen molar-refractivity contribution in [2.24, 2.45) is 0 Å². The van der Waals surface area contributed by atoms with Crippen LogP contribution in [-0.4, -0.2) is 34.7 Å². The van der Waals surface area contributed by atoms with Crippen LogP contribution in [0.1, 0.15) is 24.6 Å². The molecule has 0 saturated carbocycles. The molecule has 1 aliphatic heterocycles. The highest BCUT2D eigenvalue weighted by Gasteiger charge is 2.24. The predicted octanol–water partition coefficient (Wildman–Crippen LogP) is 4.84. The van der Waals surface area contributed by atoms with E-state index in [-0.39, 0.29) is 0 Å². The SMILES string of the molecule is COc1cccc(CN2CCC(n3c4ccc[c]c4c4ccccc43)CC2)n1. The minimum atomic E-state index is 0.521. The molecular formula is C24H24N3O. The van der Waals surface area contributed by atoms with Gasteiger partial charge in [-0.15, -0.1) is 0 Å². The Morgan fingerprint density at radius 3 is 2.68 bits per heavy atom. The molecule has 2 aromatic carbocycles. The van der Waals surface area contributed by atoms with Crippen molar-refractivity contribution in [2.45, 2.75) is 25.4 Å². The number of pyridine rings is 1. The number of nitrogens with zero attached hydrogens (tertiary/aromatic N) is 3. The number of piperidine rings is 1. The Kier molecular flexibility index (Phi) is 4.49. The number of fused-ring (bicyclic) bond motifs is 3. The van der Waals surface area contributed by atoms with Crippen LogP contribution in [0.5, 0.6) is 5.88 Å². The van der Waals surface area contributed by atoms with Crippen LogP contribution in [0.3, 0.4) is 0 Å². The van der Waals surface area contributed by atoms with Gasteiger partial charge in [0.25, 0.3) is 0 Å². The van der Waals surface area contributed by atoms with E-state index >= 15 is 0 Å². The molecule has 0 atom stereocenters. The molecule has 5 rings (SSSR count). The minimum absolute atomic E-state index is 0.521. The van der Waals surface area contributed by atoms with Gasteiger partial charge in [0.15, 0.2) is 0 Å². The maximum absolute atomic E-state index is 5.26. The molecule has 0 amide bonds. The Bertz CT molecular complexity index is 1060. The number of ether oxygens (including phenoxy) is 1. The Morgan fingerprint density at radius 1 is 1.00 bits per heavy atom. The molecule has 28 heavy (non-hydrogen) atoms. The molecule has 0 bridgehead atoms. The molecule has 4 heteroatoms. The Hall–Kier alpha value is -2.85. The normalized spacial score (nSPS) is 16.0. The molecule has 3 heterocycles. The van der Waals surface area contributed by atoms with Crippen LogP contribution in [0.2, 0.25) is 0 Å². The summed E-state index contributed by atoms with van der Waals surface area (Å²) in [6.07, 6.45) is 2.29. The molecule has 4 aromatic rings. The van der Waals surface area contributed by atoms with Crippen LogP contribution in [0, 0.1) is 6.07 Å². The molecule has 1 radical (unpaired) electrons. The third kappa shape index (κ3) is 3.04. The predicted molar refractivity (Wildman–Crippen MR) is 113 cm³/mol. The first-order valence-corrected chi connectivity index (χ1v) is 9.95. The van der Waals surface area contributed by atoms with E-state index in [1.54, 1.807) is 7.11 Å². The lowest BCUT2D eigenvalue weighted by atomic mass is 10.0. The standard InChI is InChI=1S/C24H24N3O/c1-28-24-12-6-7-18(25-24)17-26-15-13-19(14-16-26)27-22-10-4-2-8-20(22)21-9-3-5-11-23(21)27/h2-8,10-12,19H,13-17H2,1H3. The highest BCUT2D eigenvalue weighted by Crippen LogP contribution is 2.35. The molecule has 0 unspecified atom stereocenters. The van der Waals surface area contributed by atoms with Crippen molar-refractivity contribution < 1.29 is 4.74 Å². The molecule has 0 aliphatic carbocycles. The third-order valence-electron chi connectivity index (χ3n) is 5.82. The smallest absolute Gasteiger partial charge is 0.213 e. The zero-order valence-electron chi connectivity index (χ0n) is 16.1. The fraction of sp³-hybridized carbons (Fsp3) is 0.292. The molecule has 4 nitrogen and oxygen atoms in total. The Balaban J connectivity index is 1.38. The van der Waals surface area contributed by atoms with E-state index in [1.807, 2.05) is 18.2 Å². The van der Waals surface area contributed by atoms with Crippen LogP contribution < -0.4 is 4.74 Å². The number of likely N-dealkylation sites (tertiary alicyclic amines) is 1. The molecule has 141 valence electrons. The number of rotatable bonds is 4. The van der Waals surface area contributed by atoms with E-state index in [4.69, 9.17) is 4.74 Å². The van der Waals surface area contributed by atoms with Crippen molar-refractivity contribution in [2.75, 3.05) is 20.2 Å². The van der Waals surface area contributed by atoms with Gasteiger partial charge in [0.2, 0.25) is 5.88 Å². The van der Waals surface area contributed by atoms with Crippen LogP contribution in [0.25, 0.3) is 21.8 Å². The van der Waals surface area contributed by atoms with Gasteiger partial charge in [0, 0.05) is 53.5 Å². The summed E-state index contributed by atoms with van der Waals surface area (Å²) >= 11 is 0. The van der Waals surface area contributed by atoms with Gasteiger partial charge >= 0.3 is 0 Å². The fourth-order valence-electron chi connectivity index (χ4n) is 4.49. The van der Waals surface area contributed by atoms with E-state index in [9.17, 15) is 0 Å². The van der Waals surface area contributed by atoms with Crippen LogP contribution in [-0.2, 0) is 6.54 Å². The Morgan fingerprint density at radius 2 is 1.82 bits per heavy atom. The lowest BCUT2D eigenvalue weighted by Gasteiger charge is -2.33. The lowest BCUT2D eigenvalue weighted by Crippen LogP contribution is -2.34. The van der Waals surface area contributed by atoms with E-state index in [1.165, 1.54) is 21.8 Å². The van der Waals surface area contributed by atoms with E-state index in [0.29, 0.717) is 11.9 Å². The van der Waals surface area contributed by atoms with Crippen molar-refractivity contribution >= 4 is 21.8 Å². The van der Waals surface area contributed by atoms with Crippen molar-refractivity contribution in [3.05, 3.63) is 72.4 Å². The largest absolute Gasteiger partial charge is 0.481 e. The number of hydrogen-bond acceptors (Lipinski definition) is 3. The number of benzene rings is 2. The van der Waals surface area contributed by atoms with Crippen molar-refractivity contribution in [1.29, 1.82) is 0 Å². The van der Waals surface area contributed by atoms with Crippen molar-refractivity contribution in [3.8, 4) is 5.88 Å². The summed E-state index contributed by atoms with van der Waals surface area (Å²) in [5, 5.41) is 2.54. The summed E-state index contributed by atoms with van der Waals surface area (Å²) in [6.45, 7) is 3.03. The van der Waals surface area contributed by atoms with Gasteiger partial charge in [-0.05, 0) is 37.1 Å². The average molecular weight is 370 g/mol. The lowest BCUT2D eigenvalue weighted by molar-refractivity contribution is 0.181. The first-order valence-electron chi connectivity index (χ1n) is 9.95. The second-order valence-electron chi connectivity index (χ2n) is 7.50. The molecule has 0 spiro atoms. The van der Waals surface area contributed by atoms with E-state index < -0.39 is 0 Å². The molecule has 1 fully saturated rings. The monoisotopic (exact) mass is 370 g/mol. The second kappa shape index (κ2) is 7.28. The maximum Gasteiger partial charge on any atom is 0.213 e. The number of methoxy groups -OCH3 is 1. The van der Waals surface area contributed by atoms with Crippen LogP contribution in [0.15, 0.2) is 60.7 Å². The zero-order valence-corrected chi connectivity index (χ0v) is 16.1. The van der Waals surface area contributed by atoms with Crippen molar-refractivity contribution in [1.82, 2.24) is 14.5 Å². The number of para-hydroxylation sites is 1. The third-order valence-corrected chi connectivity index (χ3v) is 5.82. The van der Waals surface area contributed by atoms with Gasteiger partial charge in [-0.2, -0.15) is 0 Å². The molecular weight excluding hydrogens is 346 g/mol. The maximum atomic E-state index is 5.26. The fourth-order valence-corrected chi connectivity index (χ4v) is 4.49. The molecule has 1 saturated heterocycles. The summed E-state index contributed by atoms with van der Waals surface area (Å²) < 4.78 is 7.80. The number of aromatic nitrogens is 2. The summed E-state index contributed by atoms with van der Waals surface area (Å²) in [5.41, 5.74) is 3.70. The van der Waals surface area contributed by atoms with Crippen LogP contribution >= 0.6 is 0 Å². The van der Waals surface area contributed by atoms with Gasteiger partial charge in [-0.3, -0.25) is 4.90 Å². The van der Waals surface area contributed by atoms with Gasteiger partial charge in [0.1, 0.15) is 0 Å². The molecule has 2 aromatic heterocycles. The zero-order chi connectivity index (χ0) is 18.9. The van der Waals surface area contributed by atoms with Crippen LogP contribution in [0.4, 0.5) is 0 Å². The first kappa shape index (κ1) is 17.3. The number of hydrogen-bond donors (Lipinski definition) is 0. The van der Waals surface area contributed by atoms with Gasteiger partial charge in [-0.25, -0.2) is 4.98 Å². The first-order chi connectivity index (χ1) is 13.8. The molecule has 0 N–H and O–H groups in total. The van der Waals surface area contributed by atoms with Gasteiger partial charge < -0.3 is 9.30 Å². The Labute approximate surface area is 165 Å². The molecule has 1 aliphatic rings.